The number of alkyl carbamates (subject to hydrolysis) is 1. The number of ether oxygens (including phenoxy) is 1. The zero-order chi connectivity index (χ0) is 19.3. The molecule has 6 nitrogen and oxygen atoms in total. The minimum absolute atomic E-state index is 0.0396. The van der Waals surface area contributed by atoms with Gasteiger partial charge in [-0.15, -0.1) is 11.3 Å². The van der Waals surface area contributed by atoms with E-state index < -0.39 is 29.2 Å². The van der Waals surface area contributed by atoms with Crippen LogP contribution in [0.4, 0.5) is 13.6 Å². The Labute approximate surface area is 153 Å². The smallest absolute Gasteiger partial charge is 0.407 e. The molecule has 2 amide bonds. The molecule has 0 saturated carbocycles. The molecule has 140 valence electrons. The van der Waals surface area contributed by atoms with E-state index in [0.717, 1.165) is 23.5 Å². The highest BCUT2D eigenvalue weighted by molar-refractivity contribution is 7.13. The van der Waals surface area contributed by atoms with Crippen molar-refractivity contribution >= 4 is 23.3 Å². The van der Waals surface area contributed by atoms with Crippen LogP contribution in [0.2, 0.25) is 0 Å². The first-order valence-corrected chi connectivity index (χ1v) is 8.69. The SMILES string of the molecule is CC(C)(C)OC(=O)NCCNC(=O)c1ncsc1-c1ccc(F)cc1F. The van der Waals surface area contributed by atoms with Gasteiger partial charge in [-0.25, -0.2) is 18.6 Å². The molecule has 0 bridgehead atoms. The number of nitrogens with one attached hydrogen (secondary N) is 2. The van der Waals surface area contributed by atoms with Crippen LogP contribution in [0.1, 0.15) is 31.3 Å². The van der Waals surface area contributed by atoms with Gasteiger partial charge in [0.15, 0.2) is 0 Å². The van der Waals surface area contributed by atoms with Crippen molar-refractivity contribution in [3.05, 3.63) is 41.0 Å². The Kier molecular flexibility index (Phi) is 6.25. The minimum Gasteiger partial charge on any atom is -0.444 e. The second-order valence-electron chi connectivity index (χ2n) is 6.34. The van der Waals surface area contributed by atoms with Crippen molar-refractivity contribution in [2.24, 2.45) is 0 Å². The molecule has 0 saturated heterocycles. The Balaban J connectivity index is 1.93. The number of hydrogen-bond donors (Lipinski definition) is 2. The molecule has 2 aromatic rings. The fourth-order valence-corrected chi connectivity index (χ4v) is 2.82. The first-order chi connectivity index (χ1) is 12.2. The van der Waals surface area contributed by atoms with Crippen LogP contribution < -0.4 is 10.6 Å². The Morgan fingerprint density at radius 1 is 1.19 bits per heavy atom. The van der Waals surface area contributed by atoms with Crippen molar-refractivity contribution in [3.63, 3.8) is 0 Å². The first kappa shape index (κ1) is 19.8. The maximum absolute atomic E-state index is 13.9. The van der Waals surface area contributed by atoms with Gasteiger partial charge < -0.3 is 15.4 Å². The van der Waals surface area contributed by atoms with Gasteiger partial charge in [-0.3, -0.25) is 4.79 Å². The maximum atomic E-state index is 13.9. The molecule has 26 heavy (non-hydrogen) atoms. The van der Waals surface area contributed by atoms with E-state index in [1.54, 1.807) is 20.8 Å². The number of carbonyl (C=O) groups is 2. The molecule has 0 aliphatic carbocycles. The van der Waals surface area contributed by atoms with Crippen molar-refractivity contribution in [1.82, 2.24) is 15.6 Å². The molecule has 0 spiro atoms. The molecule has 0 unspecified atom stereocenters. The Hall–Kier alpha value is -2.55. The van der Waals surface area contributed by atoms with Gasteiger partial charge in [-0.1, -0.05) is 0 Å². The van der Waals surface area contributed by atoms with Crippen LogP contribution in [0.5, 0.6) is 0 Å². The van der Waals surface area contributed by atoms with Crippen LogP contribution in [-0.2, 0) is 4.74 Å². The summed E-state index contributed by atoms with van der Waals surface area (Å²) < 4.78 is 32.1. The summed E-state index contributed by atoms with van der Waals surface area (Å²) in [5, 5.41) is 5.09. The van der Waals surface area contributed by atoms with Crippen molar-refractivity contribution in [3.8, 4) is 10.4 Å². The van der Waals surface area contributed by atoms with E-state index in [2.05, 4.69) is 15.6 Å². The van der Waals surface area contributed by atoms with Crippen LogP contribution in [0.25, 0.3) is 10.4 Å². The van der Waals surface area contributed by atoms with E-state index in [4.69, 9.17) is 4.74 Å². The topological polar surface area (TPSA) is 80.3 Å². The predicted molar refractivity (Wildman–Crippen MR) is 94.0 cm³/mol. The summed E-state index contributed by atoms with van der Waals surface area (Å²) >= 11 is 1.08. The predicted octanol–water partition coefficient (Wildman–Crippen LogP) is 3.34. The molecular weight excluding hydrogens is 364 g/mol. The molecule has 1 heterocycles. The summed E-state index contributed by atoms with van der Waals surface area (Å²) in [5.74, 6) is -1.99. The van der Waals surface area contributed by atoms with E-state index in [1.165, 1.54) is 11.6 Å². The van der Waals surface area contributed by atoms with Crippen LogP contribution in [0.3, 0.4) is 0 Å². The second-order valence-corrected chi connectivity index (χ2v) is 7.19. The van der Waals surface area contributed by atoms with E-state index in [9.17, 15) is 18.4 Å². The zero-order valence-corrected chi connectivity index (χ0v) is 15.4. The van der Waals surface area contributed by atoms with Crippen LogP contribution >= 0.6 is 11.3 Å². The number of benzene rings is 1. The van der Waals surface area contributed by atoms with Gasteiger partial charge in [0, 0.05) is 24.7 Å². The molecule has 1 aromatic carbocycles. The lowest BCUT2D eigenvalue weighted by atomic mass is 10.1. The summed E-state index contributed by atoms with van der Waals surface area (Å²) in [4.78, 5) is 28.0. The van der Waals surface area contributed by atoms with Crippen molar-refractivity contribution in [2.75, 3.05) is 13.1 Å². The van der Waals surface area contributed by atoms with E-state index in [0.29, 0.717) is 4.88 Å². The third kappa shape index (κ3) is 5.48. The first-order valence-electron chi connectivity index (χ1n) is 7.81. The van der Waals surface area contributed by atoms with Gasteiger partial charge in [0.2, 0.25) is 0 Å². The highest BCUT2D eigenvalue weighted by Gasteiger charge is 2.19. The van der Waals surface area contributed by atoms with Crippen LogP contribution in [0, 0.1) is 11.6 Å². The average molecular weight is 383 g/mol. The number of nitrogens with zero attached hydrogens (tertiary/aromatic N) is 1. The van der Waals surface area contributed by atoms with Crippen molar-refractivity contribution < 1.29 is 23.1 Å². The molecule has 0 radical (unpaired) electrons. The average Bonchev–Trinajstić information content (AvgIpc) is 2.99. The summed E-state index contributed by atoms with van der Waals surface area (Å²) in [6, 6.07) is 3.13. The van der Waals surface area contributed by atoms with Gasteiger partial charge in [0.05, 0.1) is 10.4 Å². The quantitative estimate of drug-likeness (QED) is 0.776. The minimum atomic E-state index is -0.769. The van der Waals surface area contributed by atoms with Crippen molar-refractivity contribution in [2.45, 2.75) is 26.4 Å². The normalized spacial score (nSPS) is 11.1. The van der Waals surface area contributed by atoms with Gasteiger partial charge in [-0.05, 0) is 32.9 Å². The molecule has 9 heteroatoms. The molecule has 0 fully saturated rings. The molecule has 0 aliphatic rings. The fraction of sp³-hybridized carbons (Fsp3) is 0.353. The number of hydrogen-bond acceptors (Lipinski definition) is 5. The lowest BCUT2D eigenvalue weighted by molar-refractivity contribution is 0.0526. The standard InChI is InChI=1S/C17H19F2N3O3S/c1-17(2,3)25-16(24)21-7-6-20-15(23)13-14(26-9-22-13)11-5-4-10(18)8-12(11)19/h4-5,8-9H,6-7H2,1-3H3,(H,20,23)(H,21,24). The Morgan fingerprint density at radius 3 is 2.54 bits per heavy atom. The van der Waals surface area contributed by atoms with Gasteiger partial charge in [-0.2, -0.15) is 0 Å². The number of thiazole rings is 1. The van der Waals surface area contributed by atoms with Crippen molar-refractivity contribution in [1.29, 1.82) is 0 Å². The van der Waals surface area contributed by atoms with Crippen LogP contribution in [0.15, 0.2) is 23.7 Å². The summed E-state index contributed by atoms with van der Waals surface area (Å²) in [5.41, 5.74) is 0.942. The molecule has 0 aliphatic heterocycles. The number of aromatic nitrogens is 1. The number of rotatable bonds is 5. The van der Waals surface area contributed by atoms with E-state index in [1.807, 2.05) is 0 Å². The number of amides is 2. The van der Waals surface area contributed by atoms with Crippen LogP contribution in [-0.4, -0.2) is 35.7 Å². The van der Waals surface area contributed by atoms with E-state index in [-0.39, 0.29) is 24.3 Å². The lowest BCUT2D eigenvalue weighted by Crippen LogP contribution is -2.38. The monoisotopic (exact) mass is 383 g/mol. The Morgan fingerprint density at radius 2 is 1.88 bits per heavy atom. The van der Waals surface area contributed by atoms with Gasteiger partial charge >= 0.3 is 6.09 Å². The zero-order valence-electron chi connectivity index (χ0n) is 14.6. The molecular formula is C17H19F2N3O3S. The Bertz CT molecular complexity index is 803. The second kappa shape index (κ2) is 8.22. The fourth-order valence-electron chi connectivity index (χ4n) is 2.01. The summed E-state index contributed by atoms with van der Waals surface area (Å²) in [6.07, 6.45) is -0.588. The highest BCUT2D eigenvalue weighted by Crippen LogP contribution is 2.30. The third-order valence-electron chi connectivity index (χ3n) is 3.04. The largest absolute Gasteiger partial charge is 0.444 e. The summed E-state index contributed by atoms with van der Waals surface area (Å²) in [6.45, 7) is 5.53. The highest BCUT2D eigenvalue weighted by atomic mass is 32.1. The molecule has 2 N–H and O–H groups in total. The summed E-state index contributed by atoms with van der Waals surface area (Å²) in [7, 11) is 0. The number of carbonyl (C=O) groups excluding carboxylic acids is 2. The van der Waals surface area contributed by atoms with E-state index >= 15 is 0 Å². The molecule has 1 aromatic heterocycles. The maximum Gasteiger partial charge on any atom is 0.407 e. The lowest BCUT2D eigenvalue weighted by Gasteiger charge is -2.19. The molecule has 2 rings (SSSR count). The molecule has 0 atom stereocenters. The van der Waals surface area contributed by atoms with Gasteiger partial charge in [0.1, 0.15) is 22.9 Å². The van der Waals surface area contributed by atoms with Gasteiger partial charge in [0.25, 0.3) is 5.91 Å². The third-order valence-corrected chi connectivity index (χ3v) is 3.90. The number of halogens is 2.